The Balaban J connectivity index is 3.17. The van der Waals surface area contributed by atoms with Gasteiger partial charge in [0.15, 0.2) is 0 Å². The van der Waals surface area contributed by atoms with Crippen molar-refractivity contribution in [1.82, 2.24) is 4.98 Å². The molecule has 0 N–H and O–H groups in total. The first-order valence-corrected chi connectivity index (χ1v) is 3.93. The number of rotatable bonds is 0. The first kappa shape index (κ1) is 7.28. The van der Waals surface area contributed by atoms with Crippen LogP contribution in [0.1, 0.15) is 5.56 Å². The van der Waals surface area contributed by atoms with Crippen LogP contribution < -0.4 is 0 Å². The highest BCUT2D eigenvalue weighted by Crippen LogP contribution is 2.13. The highest BCUT2D eigenvalue weighted by atomic mass is 127. The van der Waals surface area contributed by atoms with Crippen LogP contribution in [0.2, 0.25) is 5.15 Å². The first-order valence-electron chi connectivity index (χ1n) is 2.48. The van der Waals surface area contributed by atoms with Gasteiger partial charge in [-0.25, -0.2) is 4.98 Å². The van der Waals surface area contributed by atoms with E-state index < -0.39 is 0 Å². The summed E-state index contributed by atoms with van der Waals surface area (Å²) < 4.78 is 1.12. The van der Waals surface area contributed by atoms with Gasteiger partial charge in [-0.15, -0.1) is 0 Å². The molecule has 1 nitrogen and oxygen atoms in total. The van der Waals surface area contributed by atoms with Crippen molar-refractivity contribution in [3.05, 3.63) is 26.5 Å². The largest absolute Gasteiger partial charge is 0.243 e. The van der Waals surface area contributed by atoms with E-state index in [9.17, 15) is 0 Å². The summed E-state index contributed by atoms with van der Waals surface area (Å²) in [5, 5.41) is 0.593. The molecule has 0 radical (unpaired) electrons. The molecule has 1 aromatic rings. The second kappa shape index (κ2) is 2.84. The van der Waals surface area contributed by atoms with E-state index in [-0.39, 0.29) is 0 Å². The number of halogens is 2. The minimum Gasteiger partial charge on any atom is -0.243 e. The van der Waals surface area contributed by atoms with Crippen molar-refractivity contribution >= 4 is 34.2 Å². The topological polar surface area (TPSA) is 12.9 Å². The number of hydrogen-bond donors (Lipinski definition) is 0. The molecule has 0 unspecified atom stereocenters. The van der Waals surface area contributed by atoms with Crippen molar-refractivity contribution in [3.8, 4) is 0 Å². The Bertz CT molecular complexity index is 224. The first-order chi connectivity index (χ1) is 4.20. The van der Waals surface area contributed by atoms with Crippen molar-refractivity contribution in [2.45, 2.75) is 6.92 Å². The van der Waals surface area contributed by atoms with E-state index in [1.165, 1.54) is 0 Å². The molecule has 0 aliphatic heterocycles. The van der Waals surface area contributed by atoms with Gasteiger partial charge >= 0.3 is 0 Å². The average molecular weight is 253 g/mol. The summed E-state index contributed by atoms with van der Waals surface area (Å²) in [5.41, 5.74) is 1.03. The predicted molar refractivity (Wildman–Crippen MR) is 46.7 cm³/mol. The molecule has 48 valence electrons. The fourth-order valence-electron chi connectivity index (χ4n) is 0.524. The molecule has 0 aromatic carbocycles. The summed E-state index contributed by atoms with van der Waals surface area (Å²) >= 11 is 7.87. The van der Waals surface area contributed by atoms with E-state index in [4.69, 9.17) is 11.6 Å². The van der Waals surface area contributed by atoms with E-state index in [2.05, 4.69) is 27.6 Å². The van der Waals surface area contributed by atoms with Crippen LogP contribution in [-0.4, -0.2) is 4.98 Å². The SMILES string of the molecule is Cc1cc(I)cnc1Cl. The van der Waals surface area contributed by atoms with E-state index in [0.717, 1.165) is 9.13 Å². The van der Waals surface area contributed by atoms with Crippen LogP contribution in [0.25, 0.3) is 0 Å². The van der Waals surface area contributed by atoms with Gasteiger partial charge in [0.25, 0.3) is 0 Å². The minimum absolute atomic E-state index is 0.593. The number of aromatic nitrogens is 1. The lowest BCUT2D eigenvalue weighted by molar-refractivity contribution is 1.25. The van der Waals surface area contributed by atoms with E-state index >= 15 is 0 Å². The fourth-order valence-corrected chi connectivity index (χ4v) is 1.23. The quantitative estimate of drug-likeness (QED) is 0.512. The Morgan fingerprint density at radius 2 is 2.33 bits per heavy atom. The Labute approximate surface area is 72.6 Å². The highest BCUT2D eigenvalue weighted by molar-refractivity contribution is 14.1. The number of aryl methyl sites for hydroxylation is 1. The number of pyridine rings is 1. The maximum Gasteiger partial charge on any atom is 0.131 e. The molecule has 1 heterocycles. The van der Waals surface area contributed by atoms with Gasteiger partial charge in [0.05, 0.1) is 0 Å². The van der Waals surface area contributed by atoms with Crippen molar-refractivity contribution in [3.63, 3.8) is 0 Å². The Kier molecular flexibility index (Phi) is 2.29. The summed E-state index contributed by atoms with van der Waals surface area (Å²) in [6.07, 6.45) is 1.75. The Morgan fingerprint density at radius 1 is 1.67 bits per heavy atom. The van der Waals surface area contributed by atoms with Crippen LogP contribution >= 0.6 is 34.2 Å². The molecule has 0 amide bonds. The van der Waals surface area contributed by atoms with Gasteiger partial charge in [0.2, 0.25) is 0 Å². The lowest BCUT2D eigenvalue weighted by Gasteiger charge is -1.94. The molecule has 0 spiro atoms. The maximum absolute atomic E-state index is 5.67. The molecule has 0 aliphatic rings. The average Bonchev–Trinajstić information content (AvgIpc) is 1.80. The molecule has 0 fully saturated rings. The molecule has 3 heteroatoms. The van der Waals surface area contributed by atoms with Crippen LogP contribution in [0, 0.1) is 10.5 Å². The normalized spacial score (nSPS) is 9.67. The molecule has 0 saturated heterocycles. The molecular weight excluding hydrogens is 248 g/mol. The van der Waals surface area contributed by atoms with Gasteiger partial charge in [-0.3, -0.25) is 0 Å². The van der Waals surface area contributed by atoms with E-state index in [1.54, 1.807) is 6.20 Å². The third-order valence-corrected chi connectivity index (χ3v) is 1.97. The highest BCUT2D eigenvalue weighted by Gasteiger charge is 1.93. The van der Waals surface area contributed by atoms with Gasteiger partial charge < -0.3 is 0 Å². The van der Waals surface area contributed by atoms with Crippen molar-refractivity contribution in [2.24, 2.45) is 0 Å². The van der Waals surface area contributed by atoms with E-state index in [0.29, 0.717) is 5.15 Å². The standard InChI is InChI=1S/C6H5ClIN/c1-4-2-5(8)3-9-6(4)7/h2-3H,1H3. The molecule has 0 aliphatic carbocycles. The number of nitrogens with zero attached hydrogens (tertiary/aromatic N) is 1. The summed E-state index contributed by atoms with van der Waals surface area (Å²) in [5.74, 6) is 0. The molecule has 1 aromatic heterocycles. The van der Waals surface area contributed by atoms with Crippen LogP contribution in [0.4, 0.5) is 0 Å². The molecule has 0 bridgehead atoms. The zero-order valence-corrected chi connectivity index (χ0v) is 7.77. The summed E-state index contributed by atoms with van der Waals surface area (Å²) in [7, 11) is 0. The smallest absolute Gasteiger partial charge is 0.131 e. The van der Waals surface area contributed by atoms with Crippen LogP contribution in [0.5, 0.6) is 0 Å². The minimum atomic E-state index is 0.593. The molecule has 9 heavy (non-hydrogen) atoms. The zero-order valence-electron chi connectivity index (χ0n) is 4.86. The Morgan fingerprint density at radius 3 is 2.78 bits per heavy atom. The molecule has 0 atom stereocenters. The summed E-state index contributed by atoms with van der Waals surface area (Å²) in [6.45, 7) is 1.94. The third-order valence-electron chi connectivity index (χ3n) is 0.981. The summed E-state index contributed by atoms with van der Waals surface area (Å²) in [4.78, 5) is 3.94. The Hall–Kier alpha value is 0.170. The van der Waals surface area contributed by atoms with Gasteiger partial charge in [-0.05, 0) is 41.1 Å². The molecule has 1 rings (SSSR count). The zero-order chi connectivity index (χ0) is 6.85. The maximum atomic E-state index is 5.67. The van der Waals surface area contributed by atoms with Crippen LogP contribution in [0.15, 0.2) is 12.3 Å². The van der Waals surface area contributed by atoms with Crippen molar-refractivity contribution < 1.29 is 0 Å². The van der Waals surface area contributed by atoms with Crippen LogP contribution in [-0.2, 0) is 0 Å². The van der Waals surface area contributed by atoms with Gasteiger partial charge in [0, 0.05) is 9.77 Å². The second-order valence-electron chi connectivity index (χ2n) is 1.76. The van der Waals surface area contributed by atoms with Crippen molar-refractivity contribution in [2.75, 3.05) is 0 Å². The predicted octanol–water partition coefficient (Wildman–Crippen LogP) is 2.65. The monoisotopic (exact) mass is 253 g/mol. The second-order valence-corrected chi connectivity index (χ2v) is 3.36. The summed E-state index contributed by atoms with van der Waals surface area (Å²) in [6, 6.07) is 2.00. The number of hydrogen-bond acceptors (Lipinski definition) is 1. The van der Waals surface area contributed by atoms with Gasteiger partial charge in [0.1, 0.15) is 5.15 Å². The third kappa shape index (κ3) is 1.79. The van der Waals surface area contributed by atoms with Crippen molar-refractivity contribution in [1.29, 1.82) is 0 Å². The van der Waals surface area contributed by atoms with Gasteiger partial charge in [-0.1, -0.05) is 11.6 Å². The van der Waals surface area contributed by atoms with Gasteiger partial charge in [-0.2, -0.15) is 0 Å². The van der Waals surface area contributed by atoms with Crippen LogP contribution in [0.3, 0.4) is 0 Å². The lowest BCUT2D eigenvalue weighted by Crippen LogP contribution is -1.81. The lowest BCUT2D eigenvalue weighted by atomic mass is 10.3. The fraction of sp³-hybridized carbons (Fsp3) is 0.167. The van der Waals surface area contributed by atoms with E-state index in [1.807, 2.05) is 13.0 Å². The molecule has 0 saturated carbocycles. The molecular formula is C6H5ClIN.